The number of amides is 1. The van der Waals surface area contributed by atoms with E-state index in [4.69, 9.17) is 21.7 Å². The molecule has 1 heterocycles. The van der Waals surface area contributed by atoms with Gasteiger partial charge in [0.05, 0.1) is 10.6 Å². The monoisotopic (exact) mass is 509 g/mol. The van der Waals surface area contributed by atoms with Crippen molar-refractivity contribution in [3.63, 3.8) is 0 Å². The smallest absolute Gasteiger partial charge is 0.270 e. The molecule has 1 amide bonds. The third-order valence-corrected chi connectivity index (χ3v) is 6.87. The Morgan fingerprint density at radius 2 is 1.44 bits per heavy atom. The molecule has 1 aliphatic heterocycles. The van der Waals surface area contributed by atoms with E-state index in [0.29, 0.717) is 27.3 Å². The Bertz CT molecular complexity index is 1400. The molecule has 4 nitrogen and oxygen atoms in total. The molecule has 4 aromatic carbocycles. The molecule has 6 heteroatoms. The van der Waals surface area contributed by atoms with Crippen molar-refractivity contribution in [2.24, 2.45) is 0 Å². The fourth-order valence-electron chi connectivity index (χ4n) is 3.64. The van der Waals surface area contributed by atoms with Crippen molar-refractivity contribution in [1.82, 2.24) is 0 Å². The van der Waals surface area contributed by atoms with E-state index in [2.05, 4.69) is 31.2 Å². The third kappa shape index (κ3) is 5.67. The van der Waals surface area contributed by atoms with Crippen LogP contribution in [0, 0.1) is 6.92 Å². The molecule has 4 aromatic rings. The SMILES string of the molecule is Cc1ccc(COc2ccc(/C=C3\SC(=S)N(c4ccc(Oc5ccccc5)cc4)C3=O)cc2)cc1. The number of para-hydroxylation sites is 1. The second-order valence-corrected chi connectivity index (χ2v) is 9.95. The van der Waals surface area contributed by atoms with E-state index in [1.54, 1.807) is 4.90 Å². The zero-order valence-electron chi connectivity index (χ0n) is 19.6. The van der Waals surface area contributed by atoms with E-state index < -0.39 is 0 Å². The zero-order valence-corrected chi connectivity index (χ0v) is 21.2. The molecule has 1 fully saturated rings. The number of hydrogen-bond donors (Lipinski definition) is 0. The molecule has 1 aliphatic rings. The number of hydrogen-bond acceptors (Lipinski definition) is 5. The molecule has 0 bridgehead atoms. The highest BCUT2D eigenvalue weighted by atomic mass is 32.2. The Morgan fingerprint density at radius 1 is 0.806 bits per heavy atom. The molecule has 0 aliphatic carbocycles. The van der Waals surface area contributed by atoms with Crippen LogP contribution in [0.15, 0.2) is 108 Å². The number of benzene rings is 4. The van der Waals surface area contributed by atoms with Gasteiger partial charge in [-0.05, 0) is 72.7 Å². The average Bonchev–Trinajstić information content (AvgIpc) is 3.18. The fraction of sp³-hybridized carbons (Fsp3) is 0.0667. The Hall–Kier alpha value is -3.87. The summed E-state index contributed by atoms with van der Waals surface area (Å²) in [5, 5.41) is 0. The summed E-state index contributed by atoms with van der Waals surface area (Å²) in [6.45, 7) is 2.57. The number of ether oxygens (including phenoxy) is 2. The number of nitrogens with zero attached hydrogens (tertiary/aromatic N) is 1. The molecule has 36 heavy (non-hydrogen) atoms. The lowest BCUT2D eigenvalue weighted by molar-refractivity contribution is -0.113. The topological polar surface area (TPSA) is 38.8 Å². The molecule has 178 valence electrons. The minimum atomic E-state index is -0.138. The van der Waals surface area contributed by atoms with Crippen LogP contribution in [0.25, 0.3) is 6.08 Å². The maximum Gasteiger partial charge on any atom is 0.270 e. The molecule has 0 atom stereocenters. The van der Waals surface area contributed by atoms with Crippen LogP contribution in [-0.2, 0) is 11.4 Å². The molecule has 0 N–H and O–H groups in total. The van der Waals surface area contributed by atoms with Crippen LogP contribution in [0.4, 0.5) is 5.69 Å². The molecule has 5 rings (SSSR count). The molecule has 0 saturated carbocycles. The summed E-state index contributed by atoms with van der Waals surface area (Å²) in [4.78, 5) is 15.3. The van der Waals surface area contributed by atoms with Crippen LogP contribution in [-0.4, -0.2) is 10.2 Å². The van der Waals surface area contributed by atoms with Gasteiger partial charge in [-0.1, -0.05) is 84.1 Å². The van der Waals surface area contributed by atoms with E-state index in [1.165, 1.54) is 17.3 Å². The van der Waals surface area contributed by atoms with E-state index >= 15 is 0 Å². The second kappa shape index (κ2) is 10.8. The highest BCUT2D eigenvalue weighted by molar-refractivity contribution is 8.27. The minimum absolute atomic E-state index is 0.138. The minimum Gasteiger partial charge on any atom is -0.489 e. The van der Waals surface area contributed by atoms with Gasteiger partial charge in [0.1, 0.15) is 23.9 Å². The summed E-state index contributed by atoms with van der Waals surface area (Å²) in [6, 6.07) is 32.9. The number of anilines is 1. The molecule has 0 radical (unpaired) electrons. The first-order valence-electron chi connectivity index (χ1n) is 11.4. The van der Waals surface area contributed by atoms with Crippen molar-refractivity contribution in [1.29, 1.82) is 0 Å². The normalized spacial score (nSPS) is 14.4. The van der Waals surface area contributed by atoms with Gasteiger partial charge in [0.15, 0.2) is 4.32 Å². The van der Waals surface area contributed by atoms with Gasteiger partial charge in [0, 0.05) is 0 Å². The first kappa shape index (κ1) is 23.9. The lowest BCUT2D eigenvalue weighted by Crippen LogP contribution is -2.27. The van der Waals surface area contributed by atoms with Gasteiger partial charge in [0.25, 0.3) is 5.91 Å². The highest BCUT2D eigenvalue weighted by Gasteiger charge is 2.33. The Balaban J connectivity index is 1.23. The average molecular weight is 510 g/mol. The predicted octanol–water partition coefficient (Wildman–Crippen LogP) is 7.77. The van der Waals surface area contributed by atoms with Crippen LogP contribution < -0.4 is 14.4 Å². The number of rotatable bonds is 7. The summed E-state index contributed by atoms with van der Waals surface area (Å²) >= 11 is 6.81. The van der Waals surface area contributed by atoms with Crippen molar-refractivity contribution in [3.05, 3.63) is 125 Å². The van der Waals surface area contributed by atoms with Crippen molar-refractivity contribution in [2.45, 2.75) is 13.5 Å². The third-order valence-electron chi connectivity index (χ3n) is 5.57. The standard InChI is InChI=1S/C30H23NO3S2/c1-21-7-9-23(10-8-21)20-33-25-15-11-22(12-16-25)19-28-29(32)31(30(35)36-28)24-13-17-27(18-14-24)34-26-5-3-2-4-6-26/h2-19H,20H2,1H3/b28-19-. The molecule has 1 saturated heterocycles. The summed E-state index contributed by atoms with van der Waals surface area (Å²) in [6.07, 6.45) is 1.86. The van der Waals surface area contributed by atoms with Crippen LogP contribution in [0.5, 0.6) is 17.2 Å². The van der Waals surface area contributed by atoms with E-state index in [0.717, 1.165) is 22.6 Å². The number of thiocarbonyl (C=S) groups is 1. The van der Waals surface area contributed by atoms with Crippen molar-refractivity contribution < 1.29 is 14.3 Å². The Labute approximate surface area is 220 Å². The van der Waals surface area contributed by atoms with Gasteiger partial charge in [-0.25, -0.2) is 0 Å². The van der Waals surface area contributed by atoms with Crippen molar-refractivity contribution >= 4 is 46.0 Å². The number of aryl methyl sites for hydroxylation is 1. The fourth-order valence-corrected chi connectivity index (χ4v) is 4.94. The van der Waals surface area contributed by atoms with Crippen LogP contribution in [0.2, 0.25) is 0 Å². The van der Waals surface area contributed by atoms with E-state index in [-0.39, 0.29) is 5.91 Å². The first-order chi connectivity index (χ1) is 17.5. The van der Waals surface area contributed by atoms with Crippen LogP contribution >= 0.6 is 24.0 Å². The summed E-state index contributed by atoms with van der Waals surface area (Å²) in [5.74, 6) is 2.08. The lowest BCUT2D eigenvalue weighted by Gasteiger charge is -2.15. The van der Waals surface area contributed by atoms with Gasteiger partial charge < -0.3 is 9.47 Å². The summed E-state index contributed by atoms with van der Waals surface area (Å²) in [5.41, 5.74) is 3.96. The van der Waals surface area contributed by atoms with Crippen LogP contribution in [0.1, 0.15) is 16.7 Å². The Morgan fingerprint density at radius 3 is 2.14 bits per heavy atom. The van der Waals surface area contributed by atoms with Gasteiger partial charge in [0.2, 0.25) is 0 Å². The summed E-state index contributed by atoms with van der Waals surface area (Å²) in [7, 11) is 0. The van der Waals surface area contributed by atoms with E-state index in [1.807, 2.05) is 84.9 Å². The van der Waals surface area contributed by atoms with Gasteiger partial charge >= 0.3 is 0 Å². The molecule has 0 unspecified atom stereocenters. The first-order valence-corrected chi connectivity index (χ1v) is 12.7. The highest BCUT2D eigenvalue weighted by Crippen LogP contribution is 2.37. The van der Waals surface area contributed by atoms with Gasteiger partial charge in [-0.3, -0.25) is 9.69 Å². The molecule has 0 aromatic heterocycles. The number of carbonyl (C=O) groups is 1. The lowest BCUT2D eigenvalue weighted by atomic mass is 10.1. The second-order valence-electron chi connectivity index (χ2n) is 8.27. The zero-order chi connectivity index (χ0) is 24.9. The predicted molar refractivity (Wildman–Crippen MR) is 151 cm³/mol. The van der Waals surface area contributed by atoms with Crippen molar-refractivity contribution in [3.8, 4) is 17.2 Å². The molecular formula is C30H23NO3S2. The van der Waals surface area contributed by atoms with Crippen molar-refractivity contribution in [2.75, 3.05) is 4.90 Å². The molecule has 0 spiro atoms. The van der Waals surface area contributed by atoms with Gasteiger partial charge in [-0.15, -0.1) is 0 Å². The van der Waals surface area contributed by atoms with Gasteiger partial charge in [-0.2, -0.15) is 0 Å². The van der Waals surface area contributed by atoms with E-state index in [9.17, 15) is 4.79 Å². The molecular weight excluding hydrogens is 486 g/mol. The number of thioether (sulfide) groups is 1. The maximum atomic E-state index is 13.1. The number of carbonyl (C=O) groups excluding carboxylic acids is 1. The maximum absolute atomic E-state index is 13.1. The van der Waals surface area contributed by atoms with Crippen LogP contribution in [0.3, 0.4) is 0 Å². The largest absolute Gasteiger partial charge is 0.489 e. The Kier molecular flexibility index (Phi) is 7.16. The summed E-state index contributed by atoms with van der Waals surface area (Å²) < 4.78 is 12.2. The quantitative estimate of drug-likeness (QED) is 0.188.